The number of hydrogen-bond donors (Lipinski definition) is 1. The summed E-state index contributed by atoms with van der Waals surface area (Å²) in [5, 5.41) is 0. The monoisotopic (exact) mass is 185 g/mol. The zero-order chi connectivity index (χ0) is 9.68. The largest absolute Gasteiger partial charge is 0.377 e. The predicted molar refractivity (Wildman–Crippen MR) is 55.6 cm³/mol. The van der Waals surface area contributed by atoms with Crippen LogP contribution in [-0.4, -0.2) is 18.8 Å². The summed E-state index contributed by atoms with van der Waals surface area (Å²) in [4.78, 5) is 0. The van der Waals surface area contributed by atoms with Crippen LogP contribution in [0.3, 0.4) is 0 Å². The van der Waals surface area contributed by atoms with Crippen LogP contribution in [0.1, 0.15) is 46.0 Å². The lowest BCUT2D eigenvalue weighted by molar-refractivity contribution is 0.0818. The highest BCUT2D eigenvalue weighted by atomic mass is 16.5. The third-order valence-electron chi connectivity index (χ3n) is 3.20. The molecule has 0 saturated carbocycles. The minimum atomic E-state index is 0.271. The molecule has 0 aromatic carbocycles. The smallest absolute Gasteiger partial charge is 0.0726 e. The zero-order valence-electron chi connectivity index (χ0n) is 8.96. The fourth-order valence-corrected chi connectivity index (χ4v) is 2.10. The van der Waals surface area contributed by atoms with Crippen molar-refractivity contribution in [3.8, 4) is 0 Å². The first kappa shape index (κ1) is 11.0. The van der Waals surface area contributed by atoms with E-state index in [1.165, 1.54) is 25.7 Å². The minimum absolute atomic E-state index is 0.271. The molecule has 2 unspecified atom stereocenters. The summed E-state index contributed by atoms with van der Waals surface area (Å²) >= 11 is 0. The van der Waals surface area contributed by atoms with E-state index in [0.717, 1.165) is 18.9 Å². The van der Waals surface area contributed by atoms with Crippen LogP contribution in [0.4, 0.5) is 0 Å². The highest BCUT2D eigenvalue weighted by Crippen LogP contribution is 2.21. The summed E-state index contributed by atoms with van der Waals surface area (Å²) in [5.41, 5.74) is 6.11. The van der Waals surface area contributed by atoms with Gasteiger partial charge in [0.15, 0.2) is 0 Å². The van der Waals surface area contributed by atoms with Crippen LogP contribution in [0.15, 0.2) is 0 Å². The first-order valence-electron chi connectivity index (χ1n) is 5.65. The number of nitrogens with two attached hydrogens (primary N) is 1. The second-order valence-electron chi connectivity index (χ2n) is 4.13. The average molecular weight is 185 g/mol. The van der Waals surface area contributed by atoms with Crippen molar-refractivity contribution >= 4 is 0 Å². The first-order valence-corrected chi connectivity index (χ1v) is 5.65. The lowest BCUT2D eigenvalue weighted by atomic mass is 9.92. The molecule has 2 heteroatoms. The number of rotatable bonds is 5. The molecule has 1 saturated heterocycles. The Morgan fingerprint density at radius 1 is 1.38 bits per heavy atom. The maximum Gasteiger partial charge on any atom is 0.0726 e. The van der Waals surface area contributed by atoms with Crippen molar-refractivity contribution in [2.75, 3.05) is 6.61 Å². The summed E-state index contributed by atoms with van der Waals surface area (Å²) in [5.74, 6) is 0.791. The van der Waals surface area contributed by atoms with Crippen molar-refractivity contribution < 1.29 is 4.74 Å². The molecule has 0 spiro atoms. The van der Waals surface area contributed by atoms with Gasteiger partial charge in [0.1, 0.15) is 0 Å². The lowest BCUT2D eigenvalue weighted by Gasteiger charge is -2.22. The van der Waals surface area contributed by atoms with Gasteiger partial charge in [-0.1, -0.05) is 26.7 Å². The molecule has 0 aromatic heterocycles. The Morgan fingerprint density at radius 3 is 2.54 bits per heavy atom. The van der Waals surface area contributed by atoms with E-state index in [0.29, 0.717) is 6.10 Å². The van der Waals surface area contributed by atoms with Crippen LogP contribution in [0, 0.1) is 5.92 Å². The van der Waals surface area contributed by atoms with Crippen LogP contribution in [0.5, 0.6) is 0 Å². The van der Waals surface area contributed by atoms with Gasteiger partial charge < -0.3 is 10.5 Å². The van der Waals surface area contributed by atoms with E-state index in [4.69, 9.17) is 10.5 Å². The van der Waals surface area contributed by atoms with Gasteiger partial charge in [-0.05, 0) is 25.2 Å². The van der Waals surface area contributed by atoms with Crippen molar-refractivity contribution in [1.82, 2.24) is 0 Å². The Bertz CT molecular complexity index is 128. The number of hydrogen-bond acceptors (Lipinski definition) is 2. The van der Waals surface area contributed by atoms with E-state index in [9.17, 15) is 0 Å². The van der Waals surface area contributed by atoms with Crippen LogP contribution >= 0.6 is 0 Å². The van der Waals surface area contributed by atoms with Gasteiger partial charge in [-0.3, -0.25) is 0 Å². The standard InChI is InChI=1S/C11H23NO/c1-3-9(4-2)8-10(12)11-6-5-7-13-11/h9-11H,3-8,12H2,1-2H3. The summed E-state index contributed by atoms with van der Waals surface area (Å²) in [6.07, 6.45) is 6.34. The third-order valence-corrected chi connectivity index (χ3v) is 3.20. The molecular formula is C11H23NO. The van der Waals surface area contributed by atoms with E-state index < -0.39 is 0 Å². The second kappa shape index (κ2) is 5.61. The van der Waals surface area contributed by atoms with Gasteiger partial charge in [0.05, 0.1) is 6.10 Å². The van der Waals surface area contributed by atoms with Gasteiger partial charge in [-0.2, -0.15) is 0 Å². The van der Waals surface area contributed by atoms with E-state index in [1.54, 1.807) is 0 Å². The molecular weight excluding hydrogens is 162 g/mol. The van der Waals surface area contributed by atoms with Crippen LogP contribution in [0.2, 0.25) is 0 Å². The molecule has 2 atom stereocenters. The summed E-state index contributed by atoms with van der Waals surface area (Å²) in [6, 6.07) is 0.271. The van der Waals surface area contributed by atoms with Gasteiger partial charge in [0, 0.05) is 12.6 Å². The molecule has 1 fully saturated rings. The van der Waals surface area contributed by atoms with E-state index in [1.807, 2.05) is 0 Å². The van der Waals surface area contributed by atoms with Crippen LogP contribution in [0.25, 0.3) is 0 Å². The maximum absolute atomic E-state index is 6.11. The lowest BCUT2D eigenvalue weighted by Crippen LogP contribution is -2.35. The van der Waals surface area contributed by atoms with Crippen molar-refractivity contribution in [3.63, 3.8) is 0 Å². The molecule has 13 heavy (non-hydrogen) atoms. The van der Waals surface area contributed by atoms with Gasteiger partial charge in [-0.15, -0.1) is 0 Å². The molecule has 0 radical (unpaired) electrons. The van der Waals surface area contributed by atoms with Gasteiger partial charge >= 0.3 is 0 Å². The summed E-state index contributed by atoms with van der Waals surface area (Å²) in [7, 11) is 0. The van der Waals surface area contributed by atoms with Gasteiger partial charge in [-0.25, -0.2) is 0 Å². The Balaban J connectivity index is 2.25. The van der Waals surface area contributed by atoms with E-state index in [-0.39, 0.29) is 6.04 Å². The van der Waals surface area contributed by atoms with Gasteiger partial charge in [0.25, 0.3) is 0 Å². The number of ether oxygens (including phenoxy) is 1. The Hall–Kier alpha value is -0.0800. The third kappa shape index (κ3) is 3.28. The molecule has 0 aliphatic carbocycles. The highest BCUT2D eigenvalue weighted by molar-refractivity contribution is 4.79. The summed E-state index contributed by atoms with van der Waals surface area (Å²) in [6.45, 7) is 5.41. The molecule has 2 nitrogen and oxygen atoms in total. The fraction of sp³-hybridized carbons (Fsp3) is 1.00. The SMILES string of the molecule is CCC(CC)CC(N)C1CCCO1. The molecule has 0 amide bonds. The minimum Gasteiger partial charge on any atom is -0.377 e. The first-order chi connectivity index (χ1) is 6.27. The van der Waals surface area contributed by atoms with Crippen LogP contribution < -0.4 is 5.73 Å². The fourth-order valence-electron chi connectivity index (χ4n) is 2.10. The van der Waals surface area contributed by atoms with Crippen molar-refractivity contribution in [1.29, 1.82) is 0 Å². The molecule has 1 heterocycles. The second-order valence-corrected chi connectivity index (χ2v) is 4.13. The zero-order valence-corrected chi connectivity index (χ0v) is 8.96. The maximum atomic E-state index is 6.11. The normalized spacial score (nSPS) is 25.4. The van der Waals surface area contributed by atoms with Crippen LogP contribution in [-0.2, 0) is 4.74 Å². The topological polar surface area (TPSA) is 35.2 Å². The van der Waals surface area contributed by atoms with E-state index in [2.05, 4.69) is 13.8 Å². The average Bonchev–Trinajstić information content (AvgIpc) is 2.66. The van der Waals surface area contributed by atoms with Crippen molar-refractivity contribution in [3.05, 3.63) is 0 Å². The summed E-state index contributed by atoms with van der Waals surface area (Å²) < 4.78 is 5.58. The Labute approximate surface area is 81.8 Å². The highest BCUT2D eigenvalue weighted by Gasteiger charge is 2.24. The van der Waals surface area contributed by atoms with E-state index >= 15 is 0 Å². The molecule has 1 aliphatic heterocycles. The molecule has 1 rings (SSSR count). The Morgan fingerprint density at radius 2 is 2.08 bits per heavy atom. The molecule has 0 bridgehead atoms. The molecule has 2 N–H and O–H groups in total. The molecule has 0 aromatic rings. The molecule has 78 valence electrons. The predicted octanol–water partition coefficient (Wildman–Crippen LogP) is 2.32. The van der Waals surface area contributed by atoms with Crippen molar-refractivity contribution in [2.45, 2.75) is 58.1 Å². The quantitative estimate of drug-likeness (QED) is 0.713. The van der Waals surface area contributed by atoms with Crippen molar-refractivity contribution in [2.24, 2.45) is 11.7 Å². The Kier molecular flexibility index (Phi) is 4.74. The molecule has 1 aliphatic rings. The van der Waals surface area contributed by atoms with Gasteiger partial charge in [0.2, 0.25) is 0 Å².